The van der Waals surface area contributed by atoms with E-state index in [-0.39, 0.29) is 12.0 Å². The zero-order valence-corrected chi connectivity index (χ0v) is 13.6. The standard InChI is InChI=1S/C16H17BrN2O2/c1-3-21-16(20)13-4-5-15(14(17)10-13)19-11(2)12-6-8-18-9-7-12/h4-11,19H,3H2,1-2H3. The molecule has 0 radical (unpaired) electrons. The topological polar surface area (TPSA) is 51.2 Å². The average Bonchev–Trinajstić information content (AvgIpc) is 2.50. The van der Waals surface area contributed by atoms with Gasteiger partial charge in [-0.05, 0) is 65.7 Å². The molecule has 2 aromatic rings. The van der Waals surface area contributed by atoms with E-state index in [0.29, 0.717) is 12.2 Å². The minimum Gasteiger partial charge on any atom is -0.462 e. The number of esters is 1. The molecule has 0 bridgehead atoms. The Morgan fingerprint density at radius 3 is 2.67 bits per heavy atom. The molecule has 0 fully saturated rings. The van der Waals surface area contributed by atoms with E-state index in [1.165, 1.54) is 0 Å². The first-order valence-electron chi connectivity index (χ1n) is 6.75. The summed E-state index contributed by atoms with van der Waals surface area (Å²) in [4.78, 5) is 15.7. The van der Waals surface area contributed by atoms with E-state index in [2.05, 4.69) is 33.2 Å². The van der Waals surface area contributed by atoms with Crippen LogP contribution in [0, 0.1) is 0 Å². The van der Waals surface area contributed by atoms with Gasteiger partial charge in [0.2, 0.25) is 0 Å². The number of halogens is 1. The SMILES string of the molecule is CCOC(=O)c1ccc(NC(C)c2ccncc2)c(Br)c1. The fourth-order valence-electron chi connectivity index (χ4n) is 1.94. The molecule has 1 aromatic heterocycles. The number of aromatic nitrogens is 1. The van der Waals surface area contributed by atoms with Crippen molar-refractivity contribution in [2.75, 3.05) is 11.9 Å². The summed E-state index contributed by atoms with van der Waals surface area (Å²) in [5.41, 5.74) is 2.60. The highest BCUT2D eigenvalue weighted by Crippen LogP contribution is 2.27. The molecule has 4 nitrogen and oxygen atoms in total. The van der Waals surface area contributed by atoms with Crippen LogP contribution in [0.25, 0.3) is 0 Å². The van der Waals surface area contributed by atoms with Crippen molar-refractivity contribution < 1.29 is 9.53 Å². The van der Waals surface area contributed by atoms with Gasteiger partial charge in [-0.1, -0.05) is 0 Å². The molecule has 21 heavy (non-hydrogen) atoms. The van der Waals surface area contributed by atoms with Gasteiger partial charge < -0.3 is 10.1 Å². The van der Waals surface area contributed by atoms with Crippen molar-refractivity contribution in [1.82, 2.24) is 4.98 Å². The van der Waals surface area contributed by atoms with E-state index in [1.54, 1.807) is 31.5 Å². The molecule has 1 aromatic carbocycles. The molecule has 0 aliphatic carbocycles. The summed E-state index contributed by atoms with van der Waals surface area (Å²) in [6, 6.07) is 9.47. The summed E-state index contributed by atoms with van der Waals surface area (Å²) in [5.74, 6) is -0.313. The van der Waals surface area contributed by atoms with Gasteiger partial charge in [0.15, 0.2) is 0 Å². The smallest absolute Gasteiger partial charge is 0.338 e. The van der Waals surface area contributed by atoms with E-state index in [1.807, 2.05) is 18.2 Å². The van der Waals surface area contributed by atoms with Crippen LogP contribution in [0.5, 0.6) is 0 Å². The Morgan fingerprint density at radius 1 is 1.33 bits per heavy atom. The second-order valence-corrected chi connectivity index (χ2v) is 5.42. The van der Waals surface area contributed by atoms with Crippen molar-refractivity contribution in [3.05, 3.63) is 58.3 Å². The van der Waals surface area contributed by atoms with Gasteiger partial charge in [0, 0.05) is 28.6 Å². The van der Waals surface area contributed by atoms with Gasteiger partial charge >= 0.3 is 5.97 Å². The average molecular weight is 349 g/mol. The molecule has 1 unspecified atom stereocenters. The van der Waals surface area contributed by atoms with Crippen LogP contribution in [0.1, 0.15) is 35.8 Å². The molecule has 0 saturated carbocycles. The number of pyridine rings is 1. The fourth-order valence-corrected chi connectivity index (χ4v) is 2.44. The van der Waals surface area contributed by atoms with E-state index in [4.69, 9.17) is 4.74 Å². The molecule has 0 saturated heterocycles. The fraction of sp³-hybridized carbons (Fsp3) is 0.250. The van der Waals surface area contributed by atoms with Gasteiger partial charge in [-0.2, -0.15) is 0 Å². The molecule has 0 aliphatic heterocycles. The van der Waals surface area contributed by atoms with Crippen molar-refractivity contribution in [1.29, 1.82) is 0 Å². The molecule has 110 valence electrons. The van der Waals surface area contributed by atoms with Gasteiger partial charge in [0.05, 0.1) is 12.2 Å². The highest BCUT2D eigenvalue weighted by atomic mass is 79.9. The Kier molecular flexibility index (Phi) is 5.33. The van der Waals surface area contributed by atoms with Crippen LogP contribution in [-0.4, -0.2) is 17.6 Å². The molecule has 0 spiro atoms. The Balaban J connectivity index is 2.13. The maximum atomic E-state index is 11.7. The zero-order chi connectivity index (χ0) is 15.2. The van der Waals surface area contributed by atoms with Crippen LogP contribution in [0.4, 0.5) is 5.69 Å². The number of hydrogen-bond donors (Lipinski definition) is 1. The van der Waals surface area contributed by atoms with Gasteiger partial charge in [-0.3, -0.25) is 4.98 Å². The largest absolute Gasteiger partial charge is 0.462 e. The van der Waals surface area contributed by atoms with Crippen molar-refractivity contribution in [2.45, 2.75) is 19.9 Å². The molecular weight excluding hydrogens is 332 g/mol. The van der Waals surface area contributed by atoms with Crippen molar-refractivity contribution in [3.63, 3.8) is 0 Å². The summed E-state index contributed by atoms with van der Waals surface area (Å²) in [6.45, 7) is 4.23. The predicted molar refractivity (Wildman–Crippen MR) is 86.4 cm³/mol. The molecular formula is C16H17BrN2O2. The molecule has 1 N–H and O–H groups in total. The number of hydrogen-bond acceptors (Lipinski definition) is 4. The second-order valence-electron chi connectivity index (χ2n) is 4.56. The lowest BCUT2D eigenvalue weighted by Crippen LogP contribution is -2.08. The monoisotopic (exact) mass is 348 g/mol. The third kappa shape index (κ3) is 4.04. The van der Waals surface area contributed by atoms with Crippen LogP contribution >= 0.6 is 15.9 Å². The Hall–Kier alpha value is -1.88. The number of ether oxygens (including phenoxy) is 1. The minimum atomic E-state index is -0.313. The van der Waals surface area contributed by atoms with E-state index in [0.717, 1.165) is 15.7 Å². The zero-order valence-electron chi connectivity index (χ0n) is 12.0. The van der Waals surface area contributed by atoms with Gasteiger partial charge in [-0.15, -0.1) is 0 Å². The quantitative estimate of drug-likeness (QED) is 0.823. The number of anilines is 1. The van der Waals surface area contributed by atoms with Crippen molar-refractivity contribution >= 4 is 27.6 Å². The molecule has 0 aliphatic rings. The van der Waals surface area contributed by atoms with Crippen LogP contribution in [0.3, 0.4) is 0 Å². The predicted octanol–water partition coefficient (Wildman–Crippen LogP) is 4.19. The lowest BCUT2D eigenvalue weighted by molar-refractivity contribution is 0.0526. The Labute approximate surface area is 132 Å². The lowest BCUT2D eigenvalue weighted by atomic mass is 10.1. The summed E-state index contributed by atoms with van der Waals surface area (Å²) >= 11 is 3.48. The second kappa shape index (κ2) is 7.22. The van der Waals surface area contributed by atoms with Crippen molar-refractivity contribution in [2.24, 2.45) is 0 Å². The normalized spacial score (nSPS) is 11.8. The van der Waals surface area contributed by atoms with Gasteiger partial charge in [0.1, 0.15) is 0 Å². The number of carbonyl (C=O) groups excluding carboxylic acids is 1. The third-order valence-corrected chi connectivity index (χ3v) is 3.71. The van der Waals surface area contributed by atoms with Gasteiger partial charge in [-0.25, -0.2) is 4.79 Å². The van der Waals surface area contributed by atoms with Crippen molar-refractivity contribution in [3.8, 4) is 0 Å². The summed E-state index contributed by atoms with van der Waals surface area (Å²) in [6.07, 6.45) is 3.54. The van der Waals surface area contributed by atoms with Crippen LogP contribution < -0.4 is 5.32 Å². The molecule has 0 amide bonds. The molecule has 1 atom stereocenters. The minimum absolute atomic E-state index is 0.137. The number of rotatable bonds is 5. The maximum absolute atomic E-state index is 11.7. The number of nitrogens with one attached hydrogen (secondary N) is 1. The summed E-state index contributed by atoms with van der Waals surface area (Å²) in [7, 11) is 0. The molecule has 1 heterocycles. The lowest BCUT2D eigenvalue weighted by Gasteiger charge is -2.17. The maximum Gasteiger partial charge on any atom is 0.338 e. The molecule has 2 rings (SSSR count). The van der Waals surface area contributed by atoms with Crippen LogP contribution in [0.15, 0.2) is 47.2 Å². The number of benzene rings is 1. The summed E-state index contributed by atoms with van der Waals surface area (Å²) < 4.78 is 5.81. The highest BCUT2D eigenvalue weighted by Gasteiger charge is 2.11. The van der Waals surface area contributed by atoms with E-state index >= 15 is 0 Å². The molecule has 5 heteroatoms. The first kappa shape index (κ1) is 15.5. The number of nitrogens with zero attached hydrogens (tertiary/aromatic N) is 1. The van der Waals surface area contributed by atoms with Crippen LogP contribution in [0.2, 0.25) is 0 Å². The summed E-state index contributed by atoms with van der Waals surface area (Å²) in [5, 5.41) is 3.40. The first-order chi connectivity index (χ1) is 10.1. The highest BCUT2D eigenvalue weighted by molar-refractivity contribution is 9.10. The Bertz CT molecular complexity index is 617. The van der Waals surface area contributed by atoms with Gasteiger partial charge in [0.25, 0.3) is 0 Å². The van der Waals surface area contributed by atoms with E-state index in [9.17, 15) is 4.79 Å². The number of carbonyl (C=O) groups is 1. The van der Waals surface area contributed by atoms with Crippen LogP contribution in [-0.2, 0) is 4.74 Å². The first-order valence-corrected chi connectivity index (χ1v) is 7.54. The Morgan fingerprint density at radius 2 is 2.05 bits per heavy atom. The van der Waals surface area contributed by atoms with E-state index < -0.39 is 0 Å². The third-order valence-electron chi connectivity index (χ3n) is 3.06.